The van der Waals surface area contributed by atoms with Gasteiger partial charge in [-0.2, -0.15) is 0 Å². The van der Waals surface area contributed by atoms with E-state index in [4.69, 9.17) is 0 Å². The molecule has 2 aliphatic rings. The summed E-state index contributed by atoms with van der Waals surface area (Å²) in [5, 5.41) is 0. The van der Waals surface area contributed by atoms with E-state index >= 15 is 0 Å². The van der Waals surface area contributed by atoms with Crippen molar-refractivity contribution in [3.63, 3.8) is 0 Å². The monoisotopic (exact) mass is 202 g/mol. The van der Waals surface area contributed by atoms with Crippen LogP contribution >= 0.6 is 0 Å². The summed E-state index contributed by atoms with van der Waals surface area (Å²) in [5.74, 6) is 1.44. The molecule has 0 fully saturated rings. The standard InChI is InChI=1S/C13H18N2/c1-3-11-9-14-13(15-10(11)2)12-7-5-4-6-8-12/h5,7-11H,3-4,6H2,1-2H3/t10?,11-/m1/s1. The molecule has 15 heavy (non-hydrogen) atoms. The van der Waals surface area contributed by atoms with Crippen LogP contribution in [-0.4, -0.2) is 18.1 Å². The van der Waals surface area contributed by atoms with Gasteiger partial charge in [0, 0.05) is 17.7 Å². The zero-order chi connectivity index (χ0) is 10.7. The van der Waals surface area contributed by atoms with Crippen LogP contribution < -0.4 is 0 Å². The number of allylic oxidation sites excluding steroid dienone is 2. The van der Waals surface area contributed by atoms with Gasteiger partial charge in [-0.15, -0.1) is 0 Å². The largest absolute Gasteiger partial charge is 0.262 e. The van der Waals surface area contributed by atoms with Gasteiger partial charge in [-0.3, -0.25) is 4.99 Å². The lowest BCUT2D eigenvalue weighted by atomic mass is 9.98. The molecule has 2 rings (SSSR count). The number of amidine groups is 1. The number of hydrogen-bond donors (Lipinski definition) is 0. The number of nitrogens with zero attached hydrogens (tertiary/aromatic N) is 2. The van der Waals surface area contributed by atoms with Crippen molar-refractivity contribution >= 4 is 12.1 Å². The van der Waals surface area contributed by atoms with E-state index in [-0.39, 0.29) is 0 Å². The third-order valence-electron chi connectivity index (χ3n) is 3.06. The normalized spacial score (nSPS) is 30.0. The third kappa shape index (κ3) is 2.25. The van der Waals surface area contributed by atoms with Gasteiger partial charge in [-0.1, -0.05) is 25.2 Å². The highest BCUT2D eigenvalue weighted by molar-refractivity contribution is 6.06. The molecular formula is C13H18N2. The summed E-state index contributed by atoms with van der Waals surface area (Å²) in [6.45, 7) is 4.36. The van der Waals surface area contributed by atoms with Crippen LogP contribution in [0.25, 0.3) is 0 Å². The van der Waals surface area contributed by atoms with E-state index in [2.05, 4.69) is 48.3 Å². The zero-order valence-electron chi connectivity index (χ0n) is 9.48. The molecule has 0 bridgehead atoms. The summed E-state index contributed by atoms with van der Waals surface area (Å²) in [4.78, 5) is 9.12. The molecule has 0 aromatic rings. The summed E-state index contributed by atoms with van der Waals surface area (Å²) in [7, 11) is 0. The number of aliphatic imine (C=N–C) groups is 2. The summed E-state index contributed by atoms with van der Waals surface area (Å²) in [6, 6.07) is 0.374. The molecule has 0 saturated carbocycles. The van der Waals surface area contributed by atoms with Crippen molar-refractivity contribution in [2.24, 2.45) is 15.9 Å². The smallest absolute Gasteiger partial charge is 0.154 e. The van der Waals surface area contributed by atoms with Crippen LogP contribution in [-0.2, 0) is 0 Å². The molecule has 0 amide bonds. The maximum Gasteiger partial charge on any atom is 0.154 e. The number of rotatable bonds is 2. The van der Waals surface area contributed by atoms with Crippen molar-refractivity contribution in [1.29, 1.82) is 0 Å². The van der Waals surface area contributed by atoms with E-state index in [9.17, 15) is 0 Å². The van der Waals surface area contributed by atoms with E-state index in [1.807, 2.05) is 0 Å². The molecule has 2 atom stereocenters. The Hall–Kier alpha value is -1.18. The van der Waals surface area contributed by atoms with Gasteiger partial charge in [0.2, 0.25) is 0 Å². The molecule has 1 aliphatic heterocycles. The Kier molecular flexibility index (Phi) is 3.14. The quantitative estimate of drug-likeness (QED) is 0.657. The molecule has 0 N–H and O–H groups in total. The fourth-order valence-electron chi connectivity index (χ4n) is 1.99. The summed E-state index contributed by atoms with van der Waals surface area (Å²) < 4.78 is 0. The van der Waals surface area contributed by atoms with E-state index in [0.717, 1.165) is 25.1 Å². The van der Waals surface area contributed by atoms with Crippen LogP contribution in [0, 0.1) is 5.92 Å². The summed E-state index contributed by atoms with van der Waals surface area (Å²) in [6.07, 6.45) is 12.0. The maximum absolute atomic E-state index is 4.66. The SMILES string of the molecule is CC[C@@H]1C=NC(C2=CCCC=C2)=NC1C. The second-order valence-electron chi connectivity index (χ2n) is 4.18. The molecule has 0 aromatic heterocycles. The second-order valence-corrected chi connectivity index (χ2v) is 4.18. The van der Waals surface area contributed by atoms with Crippen LogP contribution in [0.5, 0.6) is 0 Å². The molecule has 0 radical (unpaired) electrons. The molecule has 2 heteroatoms. The van der Waals surface area contributed by atoms with Gasteiger partial charge >= 0.3 is 0 Å². The minimum absolute atomic E-state index is 0.374. The van der Waals surface area contributed by atoms with Gasteiger partial charge in [0.15, 0.2) is 5.84 Å². The van der Waals surface area contributed by atoms with Crippen molar-refractivity contribution in [1.82, 2.24) is 0 Å². The van der Waals surface area contributed by atoms with E-state index in [1.54, 1.807) is 0 Å². The molecule has 0 aromatic carbocycles. The Morgan fingerprint density at radius 2 is 2.27 bits per heavy atom. The minimum Gasteiger partial charge on any atom is -0.262 e. The lowest BCUT2D eigenvalue weighted by Gasteiger charge is -2.20. The highest BCUT2D eigenvalue weighted by Crippen LogP contribution is 2.19. The van der Waals surface area contributed by atoms with E-state index in [1.165, 1.54) is 5.57 Å². The van der Waals surface area contributed by atoms with Gasteiger partial charge in [0.1, 0.15) is 0 Å². The molecule has 0 spiro atoms. The van der Waals surface area contributed by atoms with Crippen LogP contribution in [0.1, 0.15) is 33.1 Å². The fraction of sp³-hybridized carbons (Fsp3) is 0.538. The Morgan fingerprint density at radius 1 is 1.40 bits per heavy atom. The molecule has 2 nitrogen and oxygen atoms in total. The Bertz CT molecular complexity index is 348. The maximum atomic E-state index is 4.66. The summed E-state index contributed by atoms with van der Waals surface area (Å²) >= 11 is 0. The lowest BCUT2D eigenvalue weighted by molar-refractivity contribution is 0.555. The van der Waals surface area contributed by atoms with Crippen LogP contribution in [0.4, 0.5) is 0 Å². The molecular weight excluding hydrogens is 184 g/mol. The average molecular weight is 202 g/mol. The first-order valence-corrected chi connectivity index (χ1v) is 5.80. The Morgan fingerprint density at radius 3 is 2.87 bits per heavy atom. The first-order valence-electron chi connectivity index (χ1n) is 5.80. The molecule has 0 saturated heterocycles. The number of hydrogen-bond acceptors (Lipinski definition) is 2. The van der Waals surface area contributed by atoms with Crippen molar-refractivity contribution in [3.05, 3.63) is 23.8 Å². The average Bonchev–Trinajstić information content (AvgIpc) is 2.30. The highest BCUT2D eigenvalue weighted by Gasteiger charge is 2.18. The van der Waals surface area contributed by atoms with Crippen LogP contribution in [0.2, 0.25) is 0 Å². The predicted octanol–water partition coefficient (Wildman–Crippen LogP) is 3.16. The molecule has 1 unspecified atom stereocenters. The van der Waals surface area contributed by atoms with Gasteiger partial charge in [0.05, 0.1) is 6.04 Å². The Balaban J connectivity index is 2.15. The molecule has 1 heterocycles. The minimum atomic E-state index is 0.374. The molecule has 80 valence electrons. The molecule has 1 aliphatic carbocycles. The van der Waals surface area contributed by atoms with Gasteiger partial charge in [0.25, 0.3) is 0 Å². The van der Waals surface area contributed by atoms with Crippen molar-refractivity contribution in [3.8, 4) is 0 Å². The first-order chi connectivity index (χ1) is 7.31. The second kappa shape index (κ2) is 4.56. The Labute approximate surface area is 91.5 Å². The highest BCUT2D eigenvalue weighted by atomic mass is 15.0. The summed E-state index contributed by atoms with van der Waals surface area (Å²) in [5.41, 5.74) is 1.19. The third-order valence-corrected chi connectivity index (χ3v) is 3.06. The van der Waals surface area contributed by atoms with Crippen LogP contribution in [0.3, 0.4) is 0 Å². The van der Waals surface area contributed by atoms with E-state index < -0.39 is 0 Å². The predicted molar refractivity (Wildman–Crippen MR) is 65.6 cm³/mol. The lowest BCUT2D eigenvalue weighted by Crippen LogP contribution is -2.23. The van der Waals surface area contributed by atoms with Gasteiger partial charge in [-0.25, -0.2) is 4.99 Å². The van der Waals surface area contributed by atoms with Crippen molar-refractivity contribution < 1.29 is 0 Å². The van der Waals surface area contributed by atoms with Gasteiger partial charge in [-0.05, 0) is 26.2 Å². The topological polar surface area (TPSA) is 24.7 Å². The zero-order valence-corrected chi connectivity index (χ0v) is 9.48. The van der Waals surface area contributed by atoms with E-state index in [0.29, 0.717) is 12.0 Å². The van der Waals surface area contributed by atoms with Crippen molar-refractivity contribution in [2.45, 2.75) is 39.2 Å². The first kappa shape index (κ1) is 10.3. The van der Waals surface area contributed by atoms with Gasteiger partial charge < -0.3 is 0 Å². The van der Waals surface area contributed by atoms with Crippen molar-refractivity contribution in [2.75, 3.05) is 0 Å². The van der Waals surface area contributed by atoms with Crippen LogP contribution in [0.15, 0.2) is 33.8 Å². The fourth-order valence-corrected chi connectivity index (χ4v) is 1.99.